The summed E-state index contributed by atoms with van der Waals surface area (Å²) in [6, 6.07) is 5.57. The van der Waals surface area contributed by atoms with Crippen LogP contribution in [0.4, 0.5) is 0 Å². The lowest BCUT2D eigenvalue weighted by atomic mass is 9.87. The largest absolute Gasteiger partial charge is 0.300 e. The number of aromatic nitrogens is 4. The Bertz CT molecular complexity index is 961. The van der Waals surface area contributed by atoms with Crippen molar-refractivity contribution in [3.8, 4) is 5.69 Å². The molecule has 1 aliphatic carbocycles. The lowest BCUT2D eigenvalue weighted by Gasteiger charge is -2.24. The van der Waals surface area contributed by atoms with Gasteiger partial charge >= 0.3 is 5.56 Å². The number of rotatable bonds is 4. The van der Waals surface area contributed by atoms with Gasteiger partial charge < -0.3 is 0 Å². The van der Waals surface area contributed by atoms with Crippen LogP contribution in [0.25, 0.3) is 11.3 Å². The number of nitrogens with zero attached hydrogens (tertiary/aromatic N) is 4. The van der Waals surface area contributed by atoms with Gasteiger partial charge in [0.15, 0.2) is 5.16 Å². The Labute approximate surface area is 148 Å². The minimum atomic E-state index is -0.194. The molecule has 1 saturated carbocycles. The maximum atomic E-state index is 12.7. The van der Waals surface area contributed by atoms with Crippen LogP contribution in [-0.4, -0.2) is 24.9 Å². The molecule has 5 nitrogen and oxygen atoms in total. The molecule has 0 bridgehead atoms. The highest BCUT2D eigenvalue weighted by Gasteiger charge is 2.19. The lowest BCUT2D eigenvalue weighted by Crippen LogP contribution is -2.20. The first kappa shape index (κ1) is 15.7. The summed E-state index contributed by atoms with van der Waals surface area (Å²) in [6.45, 7) is 1.93. The van der Waals surface area contributed by atoms with Gasteiger partial charge in [-0.05, 0) is 43.4 Å². The third-order valence-electron chi connectivity index (χ3n) is 4.55. The monoisotopic (exact) mass is 360 g/mol. The molecule has 1 aromatic carbocycles. The molecule has 0 aliphatic heterocycles. The van der Waals surface area contributed by atoms with Gasteiger partial charge in [0.25, 0.3) is 0 Å². The van der Waals surface area contributed by atoms with Gasteiger partial charge in [-0.3, -0.25) is 13.8 Å². The Hall–Kier alpha value is -1.79. The van der Waals surface area contributed by atoms with Crippen LogP contribution >= 0.6 is 23.4 Å². The van der Waals surface area contributed by atoms with Gasteiger partial charge in [0.2, 0.25) is 5.65 Å². The van der Waals surface area contributed by atoms with Crippen molar-refractivity contribution in [1.82, 2.24) is 19.2 Å². The Balaban J connectivity index is 1.70. The molecule has 3 aromatic rings. The number of halogens is 1. The molecule has 0 saturated heterocycles. The van der Waals surface area contributed by atoms with E-state index < -0.39 is 0 Å². The van der Waals surface area contributed by atoms with Crippen LogP contribution in [0.2, 0.25) is 5.02 Å². The second-order valence-electron chi connectivity index (χ2n) is 6.19. The molecular formula is C17H17ClN4OS. The molecule has 1 fully saturated rings. The Kier molecular flexibility index (Phi) is 4.10. The van der Waals surface area contributed by atoms with Crippen LogP contribution in [0.5, 0.6) is 0 Å². The van der Waals surface area contributed by atoms with Crippen molar-refractivity contribution in [3.63, 3.8) is 0 Å². The van der Waals surface area contributed by atoms with Crippen molar-refractivity contribution in [3.05, 3.63) is 51.5 Å². The fraction of sp³-hybridized carbons (Fsp3) is 0.353. The van der Waals surface area contributed by atoms with E-state index in [1.54, 1.807) is 33.0 Å². The molecule has 124 valence electrons. The smallest absolute Gasteiger partial charge is 0.280 e. The molecule has 7 heteroatoms. The highest BCUT2D eigenvalue weighted by molar-refractivity contribution is 7.99. The predicted molar refractivity (Wildman–Crippen MR) is 96.4 cm³/mol. The zero-order valence-electron chi connectivity index (χ0n) is 13.3. The van der Waals surface area contributed by atoms with E-state index in [9.17, 15) is 4.79 Å². The predicted octanol–water partition coefficient (Wildman–Crippen LogP) is 3.73. The molecule has 4 rings (SSSR count). The minimum Gasteiger partial charge on any atom is -0.280 e. The number of thioether (sulfide) groups is 1. The molecule has 0 N–H and O–H groups in total. The van der Waals surface area contributed by atoms with Crippen LogP contribution in [0.3, 0.4) is 0 Å². The Morgan fingerprint density at radius 1 is 1.29 bits per heavy atom. The van der Waals surface area contributed by atoms with Crippen LogP contribution in [0, 0.1) is 12.8 Å². The second kappa shape index (κ2) is 6.26. The summed E-state index contributed by atoms with van der Waals surface area (Å²) in [7, 11) is 0. The van der Waals surface area contributed by atoms with Crippen molar-refractivity contribution in [2.45, 2.75) is 31.3 Å². The quantitative estimate of drug-likeness (QED) is 0.665. The van der Waals surface area contributed by atoms with E-state index in [2.05, 4.69) is 10.2 Å². The molecule has 0 atom stereocenters. The van der Waals surface area contributed by atoms with E-state index >= 15 is 0 Å². The zero-order chi connectivity index (χ0) is 16.7. The lowest BCUT2D eigenvalue weighted by molar-refractivity contribution is 0.353. The zero-order valence-corrected chi connectivity index (χ0v) is 14.8. The SMILES string of the molecule is Cc1ccc(-n2ccn3c(SCC4CCC4)nnc3c2=O)cc1Cl. The highest BCUT2D eigenvalue weighted by Crippen LogP contribution is 2.31. The number of aryl methyl sites for hydroxylation is 1. The standard InChI is InChI=1S/C17H17ClN4OS/c1-11-5-6-13(9-14(11)18)21-7-8-22-15(16(21)23)19-20-17(22)24-10-12-3-2-4-12/h5-9,12H,2-4,10H2,1H3. The van der Waals surface area contributed by atoms with Crippen molar-refractivity contribution in [2.24, 2.45) is 5.92 Å². The summed E-state index contributed by atoms with van der Waals surface area (Å²) < 4.78 is 3.33. The third kappa shape index (κ3) is 2.74. The van der Waals surface area contributed by atoms with E-state index in [0.29, 0.717) is 10.7 Å². The molecule has 0 radical (unpaired) electrons. The summed E-state index contributed by atoms with van der Waals surface area (Å²) in [6.07, 6.45) is 7.51. The fourth-order valence-electron chi connectivity index (χ4n) is 2.75. The Morgan fingerprint density at radius 2 is 2.12 bits per heavy atom. The molecular weight excluding hydrogens is 344 g/mol. The van der Waals surface area contributed by atoms with Crippen molar-refractivity contribution in [2.75, 3.05) is 5.75 Å². The average molecular weight is 361 g/mol. The number of benzene rings is 1. The summed E-state index contributed by atoms with van der Waals surface area (Å²) in [5, 5.41) is 9.70. The maximum absolute atomic E-state index is 12.7. The van der Waals surface area contributed by atoms with Gasteiger partial charge in [-0.25, -0.2) is 0 Å². The van der Waals surface area contributed by atoms with E-state index in [-0.39, 0.29) is 5.56 Å². The van der Waals surface area contributed by atoms with Gasteiger partial charge in [0.1, 0.15) is 0 Å². The van der Waals surface area contributed by atoms with E-state index in [1.165, 1.54) is 19.3 Å². The Morgan fingerprint density at radius 3 is 2.83 bits per heavy atom. The molecule has 24 heavy (non-hydrogen) atoms. The van der Waals surface area contributed by atoms with Crippen LogP contribution in [0.1, 0.15) is 24.8 Å². The molecule has 0 spiro atoms. The first-order valence-electron chi connectivity index (χ1n) is 7.99. The molecule has 1 aliphatic rings. The number of hydrogen-bond acceptors (Lipinski definition) is 4. The van der Waals surface area contributed by atoms with Crippen molar-refractivity contribution >= 4 is 29.0 Å². The third-order valence-corrected chi connectivity index (χ3v) is 6.13. The molecule has 0 unspecified atom stereocenters. The second-order valence-corrected chi connectivity index (χ2v) is 7.59. The molecule has 0 amide bonds. The van der Waals surface area contributed by atoms with E-state index in [1.807, 2.05) is 25.3 Å². The van der Waals surface area contributed by atoms with Gasteiger partial charge in [0, 0.05) is 23.2 Å². The highest BCUT2D eigenvalue weighted by atomic mass is 35.5. The maximum Gasteiger partial charge on any atom is 0.300 e. The number of hydrogen-bond donors (Lipinski definition) is 0. The van der Waals surface area contributed by atoms with Crippen molar-refractivity contribution in [1.29, 1.82) is 0 Å². The van der Waals surface area contributed by atoms with Crippen LogP contribution in [-0.2, 0) is 0 Å². The summed E-state index contributed by atoms with van der Waals surface area (Å²) in [5.74, 6) is 1.81. The van der Waals surface area contributed by atoms with Crippen LogP contribution in [0.15, 0.2) is 40.5 Å². The first-order chi connectivity index (χ1) is 11.6. The molecule has 2 heterocycles. The van der Waals surface area contributed by atoms with Crippen molar-refractivity contribution < 1.29 is 0 Å². The van der Waals surface area contributed by atoms with Gasteiger partial charge in [-0.15, -0.1) is 10.2 Å². The summed E-state index contributed by atoms with van der Waals surface area (Å²) in [4.78, 5) is 12.7. The van der Waals surface area contributed by atoms with Gasteiger partial charge in [-0.1, -0.05) is 35.9 Å². The van der Waals surface area contributed by atoms with E-state index in [0.717, 1.165) is 28.1 Å². The van der Waals surface area contributed by atoms with Gasteiger partial charge in [0.05, 0.1) is 5.69 Å². The van der Waals surface area contributed by atoms with Gasteiger partial charge in [-0.2, -0.15) is 0 Å². The summed E-state index contributed by atoms with van der Waals surface area (Å²) in [5.41, 5.74) is 1.85. The average Bonchev–Trinajstić information content (AvgIpc) is 2.93. The number of fused-ring (bicyclic) bond motifs is 1. The minimum absolute atomic E-state index is 0.194. The first-order valence-corrected chi connectivity index (χ1v) is 9.35. The van der Waals surface area contributed by atoms with E-state index in [4.69, 9.17) is 11.6 Å². The van der Waals surface area contributed by atoms with Crippen LogP contribution < -0.4 is 5.56 Å². The molecule has 2 aromatic heterocycles. The topological polar surface area (TPSA) is 52.2 Å². The summed E-state index contributed by atoms with van der Waals surface area (Å²) >= 11 is 7.85. The fourth-order valence-corrected chi connectivity index (χ4v) is 4.03. The normalized spacial score (nSPS) is 14.9.